The van der Waals surface area contributed by atoms with Crippen LogP contribution in [0.25, 0.3) is 0 Å². The van der Waals surface area contributed by atoms with E-state index >= 15 is 0 Å². The molecule has 0 aliphatic carbocycles. The molecule has 0 spiro atoms. The fourth-order valence-electron chi connectivity index (χ4n) is 1.04. The summed E-state index contributed by atoms with van der Waals surface area (Å²) in [6.45, 7) is 3.48. The van der Waals surface area contributed by atoms with E-state index in [4.69, 9.17) is 14.7 Å². The number of hydrogen-bond acceptors (Lipinski definition) is 5. The first-order valence-corrected chi connectivity index (χ1v) is 7.11. The molecule has 1 unspecified atom stereocenters. The zero-order valence-corrected chi connectivity index (χ0v) is 10.8. The van der Waals surface area contributed by atoms with Gasteiger partial charge in [0, 0.05) is 6.08 Å². The Morgan fingerprint density at radius 3 is 2.39 bits per heavy atom. The Kier molecular flexibility index (Phi) is 8.28. The fraction of sp³-hybridized carbons (Fsp3) is 0.600. The monoisotopic (exact) mass is 280 g/mol. The van der Waals surface area contributed by atoms with Crippen LogP contribution < -0.4 is 0 Å². The standard InChI is InChI=1S/C10H17O7P/c1-2-10(13)16-6-4-3-5-7-17-18(14,15)8-9(11)12/h2H,1,3-8H2,(H,11,12)(H,14,15). The van der Waals surface area contributed by atoms with Crippen LogP contribution >= 0.6 is 7.60 Å². The van der Waals surface area contributed by atoms with Crippen molar-refractivity contribution in [1.82, 2.24) is 0 Å². The summed E-state index contributed by atoms with van der Waals surface area (Å²) in [5.74, 6) is -1.87. The molecule has 0 saturated heterocycles. The van der Waals surface area contributed by atoms with Gasteiger partial charge in [0.25, 0.3) is 0 Å². The second-order valence-electron chi connectivity index (χ2n) is 3.45. The Hall–Kier alpha value is -1.17. The van der Waals surface area contributed by atoms with Crippen LogP contribution in [0.5, 0.6) is 0 Å². The lowest BCUT2D eigenvalue weighted by atomic mass is 10.2. The largest absolute Gasteiger partial charge is 0.481 e. The topological polar surface area (TPSA) is 110 Å². The van der Waals surface area contributed by atoms with Crippen molar-refractivity contribution >= 4 is 19.5 Å². The average Bonchev–Trinajstić information content (AvgIpc) is 2.25. The molecule has 0 aromatic heterocycles. The first kappa shape index (κ1) is 16.8. The minimum absolute atomic E-state index is 0.00351. The number of aliphatic carboxylic acids is 1. The first-order chi connectivity index (χ1) is 8.37. The van der Waals surface area contributed by atoms with Gasteiger partial charge in [0.1, 0.15) is 6.16 Å². The predicted octanol–water partition coefficient (Wildman–Crippen LogP) is 1.17. The number of esters is 1. The summed E-state index contributed by atoms with van der Waals surface area (Å²) in [4.78, 5) is 29.9. The van der Waals surface area contributed by atoms with Gasteiger partial charge in [0.2, 0.25) is 0 Å². The molecule has 0 aliphatic rings. The molecule has 0 rings (SSSR count). The maximum absolute atomic E-state index is 11.1. The van der Waals surface area contributed by atoms with Gasteiger partial charge in [-0.15, -0.1) is 0 Å². The Morgan fingerprint density at radius 1 is 1.22 bits per heavy atom. The van der Waals surface area contributed by atoms with E-state index < -0.39 is 25.7 Å². The fourth-order valence-corrected chi connectivity index (χ4v) is 1.88. The summed E-state index contributed by atoms with van der Waals surface area (Å²) in [7, 11) is -4.02. The molecule has 0 aliphatic heterocycles. The van der Waals surface area contributed by atoms with E-state index in [0.717, 1.165) is 6.08 Å². The van der Waals surface area contributed by atoms with E-state index in [0.29, 0.717) is 19.3 Å². The molecule has 104 valence electrons. The van der Waals surface area contributed by atoms with Gasteiger partial charge in [-0.1, -0.05) is 6.58 Å². The Morgan fingerprint density at radius 2 is 1.83 bits per heavy atom. The molecule has 0 aromatic rings. The lowest BCUT2D eigenvalue weighted by Crippen LogP contribution is -2.06. The third-order valence-electron chi connectivity index (χ3n) is 1.83. The maximum atomic E-state index is 11.1. The van der Waals surface area contributed by atoms with Crippen molar-refractivity contribution in [2.75, 3.05) is 19.4 Å². The minimum atomic E-state index is -4.02. The van der Waals surface area contributed by atoms with E-state index in [-0.39, 0.29) is 13.2 Å². The van der Waals surface area contributed by atoms with E-state index in [2.05, 4.69) is 11.1 Å². The first-order valence-electron chi connectivity index (χ1n) is 5.35. The van der Waals surface area contributed by atoms with Gasteiger partial charge in [0.05, 0.1) is 13.2 Å². The summed E-state index contributed by atoms with van der Waals surface area (Å²) in [6.07, 6.45) is 1.88. The maximum Gasteiger partial charge on any atom is 0.339 e. The molecule has 8 heteroatoms. The van der Waals surface area contributed by atoms with Crippen LogP contribution in [0.2, 0.25) is 0 Å². The molecule has 7 nitrogen and oxygen atoms in total. The lowest BCUT2D eigenvalue weighted by Gasteiger charge is -2.09. The van der Waals surface area contributed by atoms with Gasteiger partial charge in [0.15, 0.2) is 0 Å². The van der Waals surface area contributed by atoms with E-state index in [9.17, 15) is 14.2 Å². The van der Waals surface area contributed by atoms with Crippen molar-refractivity contribution in [2.24, 2.45) is 0 Å². The van der Waals surface area contributed by atoms with Crippen LogP contribution in [-0.4, -0.2) is 41.3 Å². The summed E-state index contributed by atoms with van der Waals surface area (Å²) in [6, 6.07) is 0. The molecule has 18 heavy (non-hydrogen) atoms. The van der Waals surface area contributed by atoms with Gasteiger partial charge in [-0.2, -0.15) is 0 Å². The van der Waals surface area contributed by atoms with Crippen molar-refractivity contribution in [3.63, 3.8) is 0 Å². The van der Waals surface area contributed by atoms with E-state index in [1.807, 2.05) is 0 Å². The van der Waals surface area contributed by atoms with Crippen molar-refractivity contribution in [2.45, 2.75) is 19.3 Å². The number of rotatable bonds is 10. The Labute approximate surface area is 105 Å². The van der Waals surface area contributed by atoms with Crippen LogP contribution in [0, 0.1) is 0 Å². The molecular formula is C10H17O7P. The van der Waals surface area contributed by atoms with Gasteiger partial charge < -0.3 is 19.3 Å². The van der Waals surface area contributed by atoms with Crippen LogP contribution in [0.15, 0.2) is 12.7 Å². The summed E-state index contributed by atoms with van der Waals surface area (Å²) < 4.78 is 20.4. The number of carboxylic acid groups (broad SMARTS) is 1. The zero-order valence-electron chi connectivity index (χ0n) is 9.91. The van der Waals surface area contributed by atoms with Crippen LogP contribution in [-0.2, 0) is 23.4 Å². The molecule has 0 radical (unpaired) electrons. The molecule has 0 fully saturated rings. The Balaban J connectivity index is 3.51. The molecule has 0 aromatic carbocycles. The highest BCUT2D eigenvalue weighted by Crippen LogP contribution is 2.41. The minimum Gasteiger partial charge on any atom is -0.481 e. The van der Waals surface area contributed by atoms with Gasteiger partial charge in [-0.3, -0.25) is 9.36 Å². The number of hydrogen-bond donors (Lipinski definition) is 2. The Bertz CT molecular complexity index is 339. The van der Waals surface area contributed by atoms with Crippen molar-refractivity contribution in [3.8, 4) is 0 Å². The summed E-state index contributed by atoms with van der Waals surface area (Å²) in [5, 5.41) is 8.33. The highest BCUT2D eigenvalue weighted by Gasteiger charge is 2.23. The van der Waals surface area contributed by atoms with Crippen LogP contribution in [0.4, 0.5) is 0 Å². The number of carboxylic acids is 1. The zero-order chi connectivity index (χ0) is 14.0. The molecule has 2 N–H and O–H groups in total. The van der Waals surface area contributed by atoms with Crippen LogP contribution in [0.3, 0.4) is 0 Å². The van der Waals surface area contributed by atoms with Gasteiger partial charge in [-0.25, -0.2) is 4.79 Å². The second kappa shape index (κ2) is 8.85. The normalized spacial score (nSPS) is 13.6. The van der Waals surface area contributed by atoms with E-state index in [1.165, 1.54) is 0 Å². The third kappa shape index (κ3) is 10.0. The quantitative estimate of drug-likeness (QED) is 0.267. The number of ether oxygens (including phenoxy) is 1. The molecule has 0 amide bonds. The number of unbranched alkanes of at least 4 members (excludes halogenated alkanes) is 2. The SMILES string of the molecule is C=CC(=O)OCCCCCOP(=O)(O)CC(=O)O. The second-order valence-corrected chi connectivity index (χ2v) is 5.30. The third-order valence-corrected chi connectivity index (χ3v) is 3.08. The van der Waals surface area contributed by atoms with Crippen molar-refractivity contribution in [1.29, 1.82) is 0 Å². The highest BCUT2D eigenvalue weighted by atomic mass is 31.2. The number of carbonyl (C=O) groups excluding carboxylic acids is 1. The van der Waals surface area contributed by atoms with Gasteiger partial charge in [-0.05, 0) is 19.3 Å². The summed E-state index contributed by atoms with van der Waals surface area (Å²) >= 11 is 0. The number of carbonyl (C=O) groups is 2. The molecular weight excluding hydrogens is 263 g/mol. The molecule has 1 atom stereocenters. The van der Waals surface area contributed by atoms with E-state index in [1.54, 1.807) is 0 Å². The summed E-state index contributed by atoms with van der Waals surface area (Å²) in [5.41, 5.74) is 0. The lowest BCUT2D eigenvalue weighted by molar-refractivity contribution is -0.138. The molecule has 0 bridgehead atoms. The van der Waals surface area contributed by atoms with Gasteiger partial charge >= 0.3 is 19.5 Å². The smallest absolute Gasteiger partial charge is 0.339 e. The average molecular weight is 280 g/mol. The predicted molar refractivity (Wildman–Crippen MR) is 63.3 cm³/mol. The molecule has 0 saturated carbocycles. The van der Waals surface area contributed by atoms with Crippen molar-refractivity contribution < 1.29 is 33.4 Å². The van der Waals surface area contributed by atoms with Crippen LogP contribution in [0.1, 0.15) is 19.3 Å². The highest BCUT2D eigenvalue weighted by molar-refractivity contribution is 7.53. The molecule has 0 heterocycles. The van der Waals surface area contributed by atoms with Crippen molar-refractivity contribution in [3.05, 3.63) is 12.7 Å².